The van der Waals surface area contributed by atoms with E-state index in [4.69, 9.17) is 4.74 Å². The molecule has 3 rings (SSSR count). The zero-order valence-electron chi connectivity index (χ0n) is 12.0. The fourth-order valence-corrected chi connectivity index (χ4v) is 3.41. The molecule has 0 aromatic heterocycles. The number of esters is 1. The maximum Gasteiger partial charge on any atom is 0.326 e. The normalized spacial score (nSPS) is 16.8. The van der Waals surface area contributed by atoms with Gasteiger partial charge in [0.15, 0.2) is 6.61 Å². The molecule has 0 aliphatic carbocycles. The molecule has 0 radical (unpaired) electrons. The maximum atomic E-state index is 12.2. The van der Waals surface area contributed by atoms with Crippen molar-refractivity contribution in [2.24, 2.45) is 0 Å². The second-order valence-electron chi connectivity index (χ2n) is 5.12. The van der Waals surface area contributed by atoms with E-state index in [0.29, 0.717) is 18.8 Å². The number of nitrogens with zero attached hydrogens (tertiary/aromatic N) is 2. The molecule has 116 valence electrons. The van der Waals surface area contributed by atoms with Crippen LogP contribution in [0, 0.1) is 0 Å². The number of amides is 2. The molecule has 2 aliphatic rings. The Hall–Kier alpha value is -2.02. The predicted molar refractivity (Wildman–Crippen MR) is 82.9 cm³/mol. The van der Waals surface area contributed by atoms with Crippen molar-refractivity contribution in [2.45, 2.75) is 6.42 Å². The molecule has 1 aromatic carbocycles. The van der Waals surface area contributed by atoms with Crippen LogP contribution in [0.4, 0.5) is 10.5 Å². The Balaban J connectivity index is 1.51. The molecule has 1 aromatic rings. The van der Waals surface area contributed by atoms with Crippen LogP contribution in [0.5, 0.6) is 0 Å². The van der Waals surface area contributed by atoms with Gasteiger partial charge in [0, 0.05) is 24.5 Å². The number of para-hydroxylation sites is 1. The molecule has 22 heavy (non-hydrogen) atoms. The van der Waals surface area contributed by atoms with Crippen molar-refractivity contribution < 1.29 is 19.1 Å². The van der Waals surface area contributed by atoms with E-state index in [1.54, 1.807) is 4.90 Å². The van der Waals surface area contributed by atoms with Crippen molar-refractivity contribution in [2.75, 3.05) is 36.9 Å². The molecule has 6 nitrogen and oxygen atoms in total. The van der Waals surface area contributed by atoms with E-state index in [-0.39, 0.29) is 24.3 Å². The van der Waals surface area contributed by atoms with E-state index in [1.807, 2.05) is 24.3 Å². The van der Waals surface area contributed by atoms with E-state index in [9.17, 15) is 14.4 Å². The Bertz CT molecular complexity index is 619. The summed E-state index contributed by atoms with van der Waals surface area (Å²) < 4.78 is 5.01. The molecule has 2 amide bonds. The van der Waals surface area contributed by atoms with Crippen molar-refractivity contribution in [1.29, 1.82) is 0 Å². The summed E-state index contributed by atoms with van der Waals surface area (Å²) in [5, 5.41) is -0.114. The molecule has 0 unspecified atom stereocenters. The Morgan fingerprint density at radius 3 is 2.82 bits per heavy atom. The van der Waals surface area contributed by atoms with Crippen molar-refractivity contribution >= 4 is 34.6 Å². The number of hydrogen-bond acceptors (Lipinski definition) is 5. The van der Waals surface area contributed by atoms with Crippen LogP contribution in [0.3, 0.4) is 0 Å². The highest BCUT2D eigenvalue weighted by Crippen LogP contribution is 2.27. The number of anilines is 1. The first-order valence-electron chi connectivity index (χ1n) is 7.11. The van der Waals surface area contributed by atoms with Gasteiger partial charge < -0.3 is 14.5 Å². The minimum Gasteiger partial charge on any atom is -0.454 e. The van der Waals surface area contributed by atoms with Crippen molar-refractivity contribution in [3.8, 4) is 0 Å². The fraction of sp³-hybridized carbons (Fsp3) is 0.400. The molecule has 0 bridgehead atoms. The topological polar surface area (TPSA) is 66.9 Å². The lowest BCUT2D eigenvalue weighted by atomic mass is 10.2. The Labute approximate surface area is 132 Å². The highest BCUT2D eigenvalue weighted by atomic mass is 32.2. The molecule has 1 saturated heterocycles. The summed E-state index contributed by atoms with van der Waals surface area (Å²) in [6.45, 7) is 0.779. The maximum absolute atomic E-state index is 12.2. The van der Waals surface area contributed by atoms with Gasteiger partial charge >= 0.3 is 5.97 Å². The van der Waals surface area contributed by atoms with Gasteiger partial charge in [-0.3, -0.25) is 14.4 Å². The Morgan fingerprint density at radius 2 is 2.05 bits per heavy atom. The molecular formula is C15H16N2O4S. The van der Waals surface area contributed by atoms with Crippen LogP contribution >= 0.6 is 11.8 Å². The number of hydrogen-bond donors (Lipinski definition) is 0. The van der Waals surface area contributed by atoms with Crippen LogP contribution in [-0.4, -0.2) is 54.0 Å². The zero-order valence-corrected chi connectivity index (χ0v) is 12.8. The molecule has 0 N–H and O–H groups in total. The van der Waals surface area contributed by atoms with E-state index in [1.165, 1.54) is 16.7 Å². The Kier molecular flexibility index (Phi) is 4.33. The van der Waals surface area contributed by atoms with Crippen LogP contribution in [0.2, 0.25) is 0 Å². The first kappa shape index (κ1) is 14.9. The number of ether oxygens (including phenoxy) is 1. The van der Waals surface area contributed by atoms with Gasteiger partial charge in [0.2, 0.25) is 0 Å². The average molecular weight is 320 g/mol. The first-order chi connectivity index (χ1) is 10.6. The molecule has 7 heteroatoms. The average Bonchev–Trinajstić information content (AvgIpc) is 3.12. The number of carbonyl (C=O) groups excluding carboxylic acids is 3. The minimum atomic E-state index is -0.545. The summed E-state index contributed by atoms with van der Waals surface area (Å²) in [4.78, 5) is 38.4. The van der Waals surface area contributed by atoms with E-state index in [2.05, 4.69) is 0 Å². The number of rotatable bonds is 4. The molecule has 0 saturated carbocycles. The predicted octanol–water partition coefficient (Wildman–Crippen LogP) is 1.29. The minimum absolute atomic E-state index is 0.0876. The number of fused-ring (bicyclic) bond motifs is 1. The zero-order chi connectivity index (χ0) is 15.5. The summed E-state index contributed by atoms with van der Waals surface area (Å²) in [6.07, 6.45) is 0.815. The second-order valence-corrected chi connectivity index (χ2v) is 6.17. The first-order valence-corrected chi connectivity index (χ1v) is 8.09. The van der Waals surface area contributed by atoms with Gasteiger partial charge in [0.25, 0.3) is 11.1 Å². The van der Waals surface area contributed by atoms with Gasteiger partial charge in [-0.15, -0.1) is 0 Å². The molecule has 0 spiro atoms. The van der Waals surface area contributed by atoms with E-state index in [0.717, 1.165) is 17.7 Å². The fourth-order valence-electron chi connectivity index (χ4n) is 2.59. The highest BCUT2D eigenvalue weighted by Gasteiger charge is 2.27. The summed E-state index contributed by atoms with van der Waals surface area (Å²) in [6, 6.07) is 7.71. The Morgan fingerprint density at radius 1 is 1.23 bits per heavy atom. The summed E-state index contributed by atoms with van der Waals surface area (Å²) >= 11 is 1.19. The monoisotopic (exact) mass is 320 g/mol. The molecule has 2 aliphatic heterocycles. The van der Waals surface area contributed by atoms with Crippen LogP contribution < -0.4 is 4.90 Å². The SMILES string of the molecule is O=C(CN1CCSC1=O)OCC(=O)N1CCc2ccccc21. The number of carbonyl (C=O) groups is 3. The van der Waals surface area contributed by atoms with Crippen molar-refractivity contribution in [3.63, 3.8) is 0 Å². The summed E-state index contributed by atoms with van der Waals surface area (Å²) in [7, 11) is 0. The third-order valence-electron chi connectivity index (χ3n) is 3.71. The van der Waals surface area contributed by atoms with Crippen molar-refractivity contribution in [3.05, 3.63) is 29.8 Å². The van der Waals surface area contributed by atoms with Gasteiger partial charge in [-0.1, -0.05) is 30.0 Å². The van der Waals surface area contributed by atoms with E-state index >= 15 is 0 Å². The third-order valence-corrected chi connectivity index (χ3v) is 4.60. The lowest BCUT2D eigenvalue weighted by molar-refractivity contribution is -0.148. The highest BCUT2D eigenvalue weighted by molar-refractivity contribution is 8.13. The number of thioether (sulfide) groups is 1. The third kappa shape index (κ3) is 3.09. The number of benzene rings is 1. The van der Waals surface area contributed by atoms with Gasteiger partial charge in [-0.2, -0.15) is 0 Å². The van der Waals surface area contributed by atoms with Gasteiger partial charge in [-0.05, 0) is 18.1 Å². The van der Waals surface area contributed by atoms with E-state index < -0.39 is 5.97 Å². The standard InChI is InChI=1S/C15H16N2O4S/c18-13(17-6-5-11-3-1-2-4-12(11)17)10-21-14(19)9-16-7-8-22-15(16)20/h1-4H,5-10H2. The van der Waals surface area contributed by atoms with Crippen LogP contribution in [0.25, 0.3) is 0 Å². The van der Waals surface area contributed by atoms with Gasteiger partial charge in [-0.25, -0.2) is 0 Å². The van der Waals surface area contributed by atoms with Crippen LogP contribution in [-0.2, 0) is 20.7 Å². The molecular weight excluding hydrogens is 304 g/mol. The molecule has 2 heterocycles. The van der Waals surface area contributed by atoms with Crippen molar-refractivity contribution in [1.82, 2.24) is 4.90 Å². The second kappa shape index (κ2) is 6.39. The lowest BCUT2D eigenvalue weighted by Crippen LogP contribution is -2.36. The smallest absolute Gasteiger partial charge is 0.326 e. The lowest BCUT2D eigenvalue weighted by Gasteiger charge is -2.18. The van der Waals surface area contributed by atoms with Crippen LogP contribution in [0.1, 0.15) is 5.56 Å². The molecule has 0 atom stereocenters. The van der Waals surface area contributed by atoms with Crippen LogP contribution in [0.15, 0.2) is 24.3 Å². The quantitative estimate of drug-likeness (QED) is 0.782. The van der Waals surface area contributed by atoms with Gasteiger partial charge in [0.05, 0.1) is 0 Å². The summed E-state index contributed by atoms with van der Waals surface area (Å²) in [5.41, 5.74) is 2.01. The summed E-state index contributed by atoms with van der Waals surface area (Å²) in [5.74, 6) is -0.0904. The largest absolute Gasteiger partial charge is 0.454 e. The molecule has 1 fully saturated rings. The van der Waals surface area contributed by atoms with Gasteiger partial charge in [0.1, 0.15) is 6.54 Å².